The second-order valence-corrected chi connectivity index (χ2v) is 3.47. The maximum Gasteiger partial charge on any atom is 0.243 e. The lowest BCUT2D eigenvalue weighted by Crippen LogP contribution is -2.21. The van der Waals surface area contributed by atoms with E-state index in [1.54, 1.807) is 5.48 Å². The van der Waals surface area contributed by atoms with Gasteiger partial charge in [0.2, 0.25) is 5.91 Å². The van der Waals surface area contributed by atoms with Gasteiger partial charge < -0.3 is 0 Å². The van der Waals surface area contributed by atoms with E-state index in [4.69, 9.17) is 5.21 Å². The molecule has 0 aliphatic rings. The summed E-state index contributed by atoms with van der Waals surface area (Å²) >= 11 is 0. The van der Waals surface area contributed by atoms with Gasteiger partial charge in [-0.2, -0.15) is 0 Å². The molecule has 66 valence electrons. The van der Waals surface area contributed by atoms with Crippen LogP contribution in [0.4, 0.5) is 0 Å². The molecule has 2 N–H and O–H groups in total. The van der Waals surface area contributed by atoms with Gasteiger partial charge in [0.25, 0.3) is 0 Å². The smallest absolute Gasteiger partial charge is 0.243 e. The minimum Gasteiger partial charge on any atom is -0.289 e. The van der Waals surface area contributed by atoms with Crippen LogP contribution in [0.15, 0.2) is 0 Å². The number of hydrogen-bond acceptors (Lipinski definition) is 2. The Morgan fingerprint density at radius 2 is 2.00 bits per heavy atom. The molecule has 0 aliphatic carbocycles. The molecule has 0 aromatic heterocycles. The molecule has 0 radical (unpaired) electrons. The normalized spacial score (nSPS) is 13.2. The summed E-state index contributed by atoms with van der Waals surface area (Å²) in [4.78, 5) is 10.6. The van der Waals surface area contributed by atoms with Gasteiger partial charge in [0.15, 0.2) is 0 Å². The van der Waals surface area contributed by atoms with Crippen LogP contribution in [0.1, 0.15) is 33.6 Å². The van der Waals surface area contributed by atoms with Gasteiger partial charge in [0.05, 0.1) is 0 Å². The van der Waals surface area contributed by atoms with E-state index in [1.165, 1.54) is 0 Å². The lowest BCUT2D eigenvalue weighted by atomic mass is 9.96. The van der Waals surface area contributed by atoms with Crippen molar-refractivity contribution < 1.29 is 10.0 Å². The fourth-order valence-electron chi connectivity index (χ4n) is 1.25. The molecule has 0 heterocycles. The average Bonchev–Trinajstić information content (AvgIpc) is 1.85. The molecule has 0 fully saturated rings. The summed E-state index contributed by atoms with van der Waals surface area (Å²) in [6, 6.07) is 0. The Morgan fingerprint density at radius 3 is 2.36 bits per heavy atom. The van der Waals surface area contributed by atoms with Crippen molar-refractivity contribution >= 4 is 5.91 Å². The fourth-order valence-corrected chi connectivity index (χ4v) is 1.25. The Morgan fingerprint density at radius 1 is 1.45 bits per heavy atom. The first-order chi connectivity index (χ1) is 5.06. The van der Waals surface area contributed by atoms with Crippen LogP contribution in [0.3, 0.4) is 0 Å². The number of rotatable bonds is 4. The lowest BCUT2D eigenvalue weighted by molar-refractivity contribution is -0.130. The molecule has 11 heavy (non-hydrogen) atoms. The number of hydroxylamine groups is 1. The molecule has 3 nitrogen and oxygen atoms in total. The molecule has 0 aliphatic heterocycles. The second kappa shape index (κ2) is 5.13. The third-order valence-electron chi connectivity index (χ3n) is 1.53. The zero-order valence-electron chi connectivity index (χ0n) is 7.42. The van der Waals surface area contributed by atoms with E-state index in [1.807, 2.05) is 6.92 Å². The first-order valence-electron chi connectivity index (χ1n) is 3.99. The fraction of sp³-hybridized carbons (Fsp3) is 0.875. The van der Waals surface area contributed by atoms with Gasteiger partial charge in [-0.25, -0.2) is 5.48 Å². The van der Waals surface area contributed by atoms with Gasteiger partial charge in [-0.3, -0.25) is 10.0 Å². The van der Waals surface area contributed by atoms with Crippen LogP contribution in [0.5, 0.6) is 0 Å². The Hall–Kier alpha value is -0.570. The zero-order chi connectivity index (χ0) is 8.85. The Labute approximate surface area is 67.8 Å². The topological polar surface area (TPSA) is 49.3 Å². The summed E-state index contributed by atoms with van der Waals surface area (Å²) in [6.45, 7) is 6.25. The maximum absolute atomic E-state index is 10.6. The van der Waals surface area contributed by atoms with Crippen molar-refractivity contribution in [2.75, 3.05) is 0 Å². The van der Waals surface area contributed by atoms with E-state index >= 15 is 0 Å². The summed E-state index contributed by atoms with van der Waals surface area (Å²) in [5.74, 6) is 0.664. The first kappa shape index (κ1) is 10.4. The molecule has 0 rings (SSSR count). The van der Waals surface area contributed by atoms with E-state index in [9.17, 15) is 4.79 Å². The molecule has 1 atom stereocenters. The first-order valence-corrected chi connectivity index (χ1v) is 3.99. The lowest BCUT2D eigenvalue weighted by Gasteiger charge is -2.11. The number of carbonyl (C=O) groups is 1. The molecule has 0 saturated heterocycles. The zero-order valence-corrected chi connectivity index (χ0v) is 7.42. The van der Waals surface area contributed by atoms with Crippen molar-refractivity contribution in [3.8, 4) is 0 Å². The van der Waals surface area contributed by atoms with Crippen molar-refractivity contribution in [3.63, 3.8) is 0 Å². The largest absolute Gasteiger partial charge is 0.289 e. The summed E-state index contributed by atoms with van der Waals surface area (Å²) in [5.41, 5.74) is 1.63. The summed E-state index contributed by atoms with van der Waals surface area (Å²) in [6.07, 6.45) is 1.43. The van der Waals surface area contributed by atoms with E-state index in [0.29, 0.717) is 18.3 Å². The summed E-state index contributed by atoms with van der Waals surface area (Å²) in [7, 11) is 0. The Balaban J connectivity index is 3.51. The molecule has 0 saturated carbocycles. The van der Waals surface area contributed by atoms with Crippen LogP contribution in [0.25, 0.3) is 0 Å². The van der Waals surface area contributed by atoms with E-state index in [2.05, 4.69) is 13.8 Å². The molecular formula is C8H17NO2. The van der Waals surface area contributed by atoms with Crippen LogP contribution in [-0.4, -0.2) is 11.1 Å². The van der Waals surface area contributed by atoms with Crippen molar-refractivity contribution in [2.45, 2.75) is 33.6 Å². The highest BCUT2D eigenvalue weighted by molar-refractivity contribution is 5.74. The highest BCUT2D eigenvalue weighted by Crippen LogP contribution is 2.13. The summed E-state index contributed by atoms with van der Waals surface area (Å²) < 4.78 is 0. The minimum absolute atomic E-state index is 0.293. The molecule has 3 heteroatoms. The molecular weight excluding hydrogens is 142 g/mol. The number of nitrogens with one attached hydrogen (secondary N) is 1. The third kappa shape index (κ3) is 5.85. The highest BCUT2D eigenvalue weighted by Gasteiger charge is 2.09. The van der Waals surface area contributed by atoms with Crippen LogP contribution in [-0.2, 0) is 4.79 Å². The molecule has 0 unspecified atom stereocenters. The van der Waals surface area contributed by atoms with Crippen molar-refractivity contribution in [2.24, 2.45) is 11.8 Å². The standard InChI is InChI=1S/C8H17NO2/c1-6(2)4-7(3)5-8(10)9-11/h6-7,11H,4-5H2,1-3H3,(H,9,10)/t7-/m1/s1. The van der Waals surface area contributed by atoms with Gasteiger partial charge in [-0.05, 0) is 18.3 Å². The van der Waals surface area contributed by atoms with Gasteiger partial charge in [0.1, 0.15) is 0 Å². The van der Waals surface area contributed by atoms with Crippen LogP contribution < -0.4 is 5.48 Å². The predicted molar refractivity (Wildman–Crippen MR) is 43.2 cm³/mol. The third-order valence-corrected chi connectivity index (χ3v) is 1.53. The Bertz CT molecular complexity index is 123. The number of hydrogen-bond donors (Lipinski definition) is 2. The van der Waals surface area contributed by atoms with Gasteiger partial charge in [0, 0.05) is 6.42 Å². The number of amides is 1. The van der Waals surface area contributed by atoms with Gasteiger partial charge in [-0.15, -0.1) is 0 Å². The Kier molecular flexibility index (Phi) is 4.86. The molecule has 0 aromatic rings. The highest BCUT2D eigenvalue weighted by atomic mass is 16.5. The molecule has 0 bridgehead atoms. The monoisotopic (exact) mass is 159 g/mol. The average molecular weight is 159 g/mol. The molecule has 0 spiro atoms. The van der Waals surface area contributed by atoms with Crippen LogP contribution >= 0.6 is 0 Å². The van der Waals surface area contributed by atoms with Crippen LogP contribution in [0.2, 0.25) is 0 Å². The maximum atomic E-state index is 10.6. The van der Waals surface area contributed by atoms with E-state index in [0.717, 1.165) is 6.42 Å². The number of carbonyl (C=O) groups excluding carboxylic acids is 1. The van der Waals surface area contributed by atoms with Crippen molar-refractivity contribution in [3.05, 3.63) is 0 Å². The molecule has 0 aromatic carbocycles. The van der Waals surface area contributed by atoms with E-state index in [-0.39, 0.29) is 5.91 Å². The second-order valence-electron chi connectivity index (χ2n) is 3.47. The summed E-state index contributed by atoms with van der Waals surface area (Å²) in [5, 5.41) is 8.22. The SMILES string of the molecule is CC(C)C[C@@H](C)CC(=O)NO. The van der Waals surface area contributed by atoms with Crippen molar-refractivity contribution in [1.82, 2.24) is 5.48 Å². The van der Waals surface area contributed by atoms with Crippen molar-refractivity contribution in [1.29, 1.82) is 0 Å². The van der Waals surface area contributed by atoms with Gasteiger partial charge in [-0.1, -0.05) is 20.8 Å². The van der Waals surface area contributed by atoms with Gasteiger partial charge >= 0.3 is 0 Å². The molecule has 1 amide bonds. The quantitative estimate of drug-likeness (QED) is 0.483. The van der Waals surface area contributed by atoms with Crippen LogP contribution in [0, 0.1) is 11.8 Å². The van der Waals surface area contributed by atoms with E-state index < -0.39 is 0 Å². The minimum atomic E-state index is -0.293. The predicted octanol–water partition coefficient (Wildman–Crippen LogP) is 1.56.